The van der Waals surface area contributed by atoms with Crippen LogP contribution in [0.15, 0.2) is 28.7 Å². The largest absolute Gasteiger partial charge is 0.301 e. The Morgan fingerprint density at radius 3 is 2.36 bits per heavy atom. The smallest absolute Gasteiger partial charge is 0.108 e. The van der Waals surface area contributed by atoms with E-state index >= 15 is 0 Å². The molecule has 1 N–H and O–H groups in total. The van der Waals surface area contributed by atoms with Crippen molar-refractivity contribution in [1.29, 1.82) is 0 Å². The zero-order valence-electron chi connectivity index (χ0n) is 6.14. The predicted molar refractivity (Wildman–Crippen MR) is 51.8 cm³/mol. The van der Waals surface area contributed by atoms with Crippen molar-refractivity contribution in [3.8, 4) is 0 Å². The molecule has 0 heterocycles. The third-order valence-electron chi connectivity index (χ3n) is 1.42. The van der Waals surface area contributed by atoms with E-state index in [9.17, 15) is 0 Å². The number of benzene rings is 1. The van der Waals surface area contributed by atoms with E-state index in [2.05, 4.69) is 21.2 Å². The van der Waals surface area contributed by atoms with E-state index in [1.54, 1.807) is 0 Å². The summed E-state index contributed by atoms with van der Waals surface area (Å²) in [6.45, 7) is 0. The average molecular weight is 235 g/mol. The lowest BCUT2D eigenvalue weighted by atomic mass is 10.2. The summed E-state index contributed by atoms with van der Waals surface area (Å²) in [5.74, 6) is 0. The molecule has 0 amide bonds. The Morgan fingerprint density at radius 1 is 1.36 bits per heavy atom. The highest BCUT2D eigenvalue weighted by Crippen LogP contribution is 2.18. The topological polar surface area (TPSA) is 12.0 Å². The second-order valence-electron chi connectivity index (χ2n) is 2.20. The molecule has 0 saturated carbocycles. The van der Waals surface area contributed by atoms with Crippen molar-refractivity contribution < 1.29 is 0 Å². The van der Waals surface area contributed by atoms with Crippen molar-refractivity contribution in [2.75, 3.05) is 7.05 Å². The third kappa shape index (κ3) is 2.47. The van der Waals surface area contributed by atoms with Crippen molar-refractivity contribution in [1.82, 2.24) is 5.32 Å². The standard InChI is InChI=1S/C8H9BrClN/c1-11-8(10)6-2-4-7(9)5-3-6/h2-5,8,11H,1H3. The van der Waals surface area contributed by atoms with E-state index < -0.39 is 0 Å². The van der Waals surface area contributed by atoms with Crippen LogP contribution in [0.3, 0.4) is 0 Å². The van der Waals surface area contributed by atoms with Gasteiger partial charge < -0.3 is 5.32 Å². The number of nitrogens with one attached hydrogen (secondary N) is 1. The zero-order valence-corrected chi connectivity index (χ0v) is 8.48. The van der Waals surface area contributed by atoms with Crippen LogP contribution >= 0.6 is 27.5 Å². The Kier molecular flexibility index (Phi) is 3.37. The molecule has 0 aliphatic carbocycles. The molecule has 1 rings (SSSR count). The first-order valence-corrected chi connectivity index (χ1v) is 4.54. The van der Waals surface area contributed by atoms with E-state index in [-0.39, 0.29) is 5.50 Å². The van der Waals surface area contributed by atoms with Crippen LogP contribution in [0, 0.1) is 0 Å². The molecule has 1 aromatic rings. The lowest BCUT2D eigenvalue weighted by molar-refractivity contribution is 0.783. The summed E-state index contributed by atoms with van der Waals surface area (Å²) in [5.41, 5.74) is 0.987. The maximum absolute atomic E-state index is 5.92. The van der Waals surface area contributed by atoms with E-state index in [0.717, 1.165) is 10.0 Å². The van der Waals surface area contributed by atoms with Crippen molar-refractivity contribution >= 4 is 27.5 Å². The van der Waals surface area contributed by atoms with Crippen LogP contribution in [0.2, 0.25) is 0 Å². The second kappa shape index (κ2) is 4.10. The molecule has 0 aliphatic heterocycles. The van der Waals surface area contributed by atoms with Gasteiger partial charge in [0, 0.05) is 4.47 Å². The van der Waals surface area contributed by atoms with Crippen molar-refractivity contribution in [3.63, 3.8) is 0 Å². The first-order chi connectivity index (χ1) is 5.24. The minimum Gasteiger partial charge on any atom is -0.301 e. The predicted octanol–water partition coefficient (Wildman–Crippen LogP) is 2.91. The highest BCUT2D eigenvalue weighted by atomic mass is 79.9. The van der Waals surface area contributed by atoms with Crippen molar-refractivity contribution in [3.05, 3.63) is 34.3 Å². The number of alkyl halides is 1. The Labute approximate surface area is 79.9 Å². The maximum atomic E-state index is 5.92. The number of rotatable bonds is 2. The Hall–Kier alpha value is -0.0500. The van der Waals surface area contributed by atoms with Gasteiger partial charge >= 0.3 is 0 Å². The summed E-state index contributed by atoms with van der Waals surface area (Å²) in [4.78, 5) is 0. The van der Waals surface area contributed by atoms with Gasteiger partial charge in [0.1, 0.15) is 5.50 Å². The molecular formula is C8H9BrClN. The van der Waals surface area contributed by atoms with Gasteiger partial charge in [-0.15, -0.1) is 11.6 Å². The summed E-state index contributed by atoms with van der Waals surface area (Å²) in [6, 6.07) is 7.92. The molecular weight excluding hydrogens is 225 g/mol. The molecule has 0 aromatic heterocycles. The fraction of sp³-hybridized carbons (Fsp3) is 0.250. The summed E-state index contributed by atoms with van der Waals surface area (Å²) >= 11 is 9.27. The monoisotopic (exact) mass is 233 g/mol. The quantitative estimate of drug-likeness (QED) is 0.613. The normalized spacial score (nSPS) is 13.0. The summed E-state index contributed by atoms with van der Waals surface area (Å²) in [5, 5.41) is 2.95. The highest BCUT2D eigenvalue weighted by molar-refractivity contribution is 9.10. The van der Waals surface area contributed by atoms with Crippen LogP contribution in [0.1, 0.15) is 11.1 Å². The lowest BCUT2D eigenvalue weighted by Crippen LogP contribution is -2.09. The van der Waals surface area contributed by atoms with Gasteiger partial charge in [0.25, 0.3) is 0 Å². The highest BCUT2D eigenvalue weighted by Gasteiger charge is 2.02. The lowest BCUT2D eigenvalue weighted by Gasteiger charge is -2.07. The number of hydrogen-bond acceptors (Lipinski definition) is 1. The minimum atomic E-state index is -0.0944. The summed E-state index contributed by atoms with van der Waals surface area (Å²) < 4.78 is 1.07. The maximum Gasteiger partial charge on any atom is 0.108 e. The van der Waals surface area contributed by atoms with Gasteiger partial charge in [0.15, 0.2) is 0 Å². The van der Waals surface area contributed by atoms with Gasteiger partial charge in [-0.25, -0.2) is 0 Å². The molecule has 1 unspecified atom stereocenters. The molecule has 60 valence electrons. The van der Waals surface area contributed by atoms with E-state index in [4.69, 9.17) is 11.6 Å². The van der Waals surface area contributed by atoms with Crippen LogP contribution < -0.4 is 5.32 Å². The third-order valence-corrected chi connectivity index (χ3v) is 2.41. The molecule has 0 fully saturated rings. The minimum absolute atomic E-state index is 0.0944. The van der Waals surface area contributed by atoms with Crippen molar-refractivity contribution in [2.45, 2.75) is 5.50 Å². The van der Waals surface area contributed by atoms with E-state index in [0.29, 0.717) is 0 Å². The zero-order chi connectivity index (χ0) is 8.27. The Morgan fingerprint density at radius 2 is 1.91 bits per heavy atom. The molecule has 0 bridgehead atoms. The average Bonchev–Trinajstić information content (AvgIpc) is 2.05. The van der Waals surface area contributed by atoms with E-state index in [1.165, 1.54) is 0 Å². The van der Waals surface area contributed by atoms with Gasteiger partial charge in [-0.2, -0.15) is 0 Å². The summed E-state index contributed by atoms with van der Waals surface area (Å²) in [7, 11) is 1.83. The molecule has 0 spiro atoms. The van der Waals surface area contributed by atoms with Gasteiger partial charge in [-0.05, 0) is 24.7 Å². The first kappa shape index (κ1) is 9.04. The first-order valence-electron chi connectivity index (χ1n) is 3.31. The van der Waals surface area contributed by atoms with Crippen LogP contribution in [0.4, 0.5) is 0 Å². The number of hydrogen-bond donors (Lipinski definition) is 1. The van der Waals surface area contributed by atoms with Crippen molar-refractivity contribution in [2.24, 2.45) is 0 Å². The van der Waals surface area contributed by atoms with Gasteiger partial charge in [0.2, 0.25) is 0 Å². The molecule has 0 saturated heterocycles. The van der Waals surface area contributed by atoms with Crippen LogP contribution in [0.5, 0.6) is 0 Å². The molecule has 0 aliphatic rings. The van der Waals surface area contributed by atoms with Gasteiger partial charge in [0.05, 0.1) is 0 Å². The molecule has 1 atom stereocenters. The van der Waals surface area contributed by atoms with Crippen LogP contribution in [0.25, 0.3) is 0 Å². The van der Waals surface area contributed by atoms with Gasteiger partial charge in [-0.1, -0.05) is 28.1 Å². The SMILES string of the molecule is CNC(Cl)c1ccc(Br)cc1. The molecule has 1 aromatic carbocycles. The molecule has 11 heavy (non-hydrogen) atoms. The fourth-order valence-corrected chi connectivity index (χ4v) is 1.21. The Bertz CT molecular complexity index is 222. The van der Waals surface area contributed by atoms with Crippen LogP contribution in [-0.4, -0.2) is 7.05 Å². The fourth-order valence-electron chi connectivity index (χ4n) is 0.798. The molecule has 0 radical (unpaired) electrons. The summed E-state index contributed by atoms with van der Waals surface area (Å²) in [6.07, 6.45) is 0. The molecule has 1 nitrogen and oxygen atoms in total. The van der Waals surface area contributed by atoms with Crippen LogP contribution in [-0.2, 0) is 0 Å². The Balaban J connectivity index is 2.81. The van der Waals surface area contributed by atoms with E-state index in [1.807, 2.05) is 31.3 Å². The van der Waals surface area contributed by atoms with Gasteiger partial charge in [-0.3, -0.25) is 0 Å². The number of halogens is 2. The second-order valence-corrected chi connectivity index (χ2v) is 3.55. The molecule has 3 heteroatoms.